The Bertz CT molecular complexity index is 292. The van der Waals surface area contributed by atoms with E-state index in [0.717, 1.165) is 18.4 Å². The monoisotopic (exact) mass is 180 g/mol. The maximum absolute atomic E-state index is 13.2. The highest BCUT2D eigenvalue weighted by Gasteiger charge is 2.30. The number of aliphatic hydroxyl groups is 1. The first kappa shape index (κ1) is 8.70. The van der Waals surface area contributed by atoms with E-state index in [2.05, 4.69) is 0 Å². The van der Waals surface area contributed by atoms with Crippen molar-refractivity contribution in [3.8, 4) is 0 Å². The molecule has 0 saturated heterocycles. The van der Waals surface area contributed by atoms with Gasteiger partial charge in [-0.25, -0.2) is 4.39 Å². The quantitative estimate of drug-likeness (QED) is 0.740. The second-order valence-electron chi connectivity index (χ2n) is 3.74. The molecule has 1 aliphatic carbocycles. The summed E-state index contributed by atoms with van der Waals surface area (Å²) in [7, 11) is 0. The standard InChI is InChI=1S/C11H13FO/c12-11-4-2-1-3-10(11)9-5-8(6-9)7-13/h1-4,8-9,13H,5-7H2. The molecule has 0 heterocycles. The molecule has 0 aromatic heterocycles. The zero-order chi connectivity index (χ0) is 9.26. The summed E-state index contributed by atoms with van der Waals surface area (Å²) in [6.07, 6.45) is 1.86. The molecular weight excluding hydrogens is 167 g/mol. The van der Waals surface area contributed by atoms with Crippen molar-refractivity contribution in [2.24, 2.45) is 5.92 Å². The SMILES string of the molecule is OCC1CC(c2ccccc2F)C1. The fraction of sp³-hybridized carbons (Fsp3) is 0.455. The molecule has 0 bridgehead atoms. The molecule has 1 aromatic carbocycles. The molecular formula is C11H13FO. The molecule has 0 unspecified atom stereocenters. The van der Waals surface area contributed by atoms with Crippen molar-refractivity contribution in [2.45, 2.75) is 18.8 Å². The summed E-state index contributed by atoms with van der Waals surface area (Å²) in [5, 5.41) is 8.83. The van der Waals surface area contributed by atoms with Crippen LogP contribution in [0.5, 0.6) is 0 Å². The van der Waals surface area contributed by atoms with E-state index in [4.69, 9.17) is 5.11 Å². The van der Waals surface area contributed by atoms with Crippen LogP contribution in [-0.2, 0) is 0 Å². The van der Waals surface area contributed by atoms with E-state index in [1.54, 1.807) is 6.07 Å². The van der Waals surface area contributed by atoms with Gasteiger partial charge in [0, 0.05) is 6.61 Å². The summed E-state index contributed by atoms with van der Waals surface area (Å²) in [5.41, 5.74) is 0.812. The first-order valence-corrected chi connectivity index (χ1v) is 4.66. The average Bonchev–Trinajstić information content (AvgIpc) is 2.06. The van der Waals surface area contributed by atoms with Crippen LogP contribution in [0, 0.1) is 11.7 Å². The van der Waals surface area contributed by atoms with Gasteiger partial charge in [0.15, 0.2) is 0 Å². The molecule has 1 N–H and O–H groups in total. The third-order valence-corrected chi connectivity index (χ3v) is 2.84. The average molecular weight is 180 g/mol. The minimum Gasteiger partial charge on any atom is -0.396 e. The second kappa shape index (κ2) is 3.46. The lowest BCUT2D eigenvalue weighted by Gasteiger charge is -2.34. The lowest BCUT2D eigenvalue weighted by Crippen LogP contribution is -2.25. The highest BCUT2D eigenvalue weighted by molar-refractivity contribution is 5.23. The number of hydrogen-bond acceptors (Lipinski definition) is 1. The number of rotatable bonds is 2. The van der Waals surface area contributed by atoms with Crippen molar-refractivity contribution in [3.63, 3.8) is 0 Å². The van der Waals surface area contributed by atoms with Crippen LogP contribution in [0.25, 0.3) is 0 Å². The van der Waals surface area contributed by atoms with Crippen LogP contribution < -0.4 is 0 Å². The van der Waals surface area contributed by atoms with Crippen molar-refractivity contribution < 1.29 is 9.50 Å². The Labute approximate surface area is 77.2 Å². The van der Waals surface area contributed by atoms with Crippen molar-refractivity contribution in [3.05, 3.63) is 35.6 Å². The zero-order valence-electron chi connectivity index (χ0n) is 7.41. The molecule has 0 radical (unpaired) electrons. The van der Waals surface area contributed by atoms with Gasteiger partial charge in [-0.3, -0.25) is 0 Å². The summed E-state index contributed by atoms with van der Waals surface area (Å²) in [6.45, 7) is 0.241. The van der Waals surface area contributed by atoms with Crippen molar-refractivity contribution in [1.82, 2.24) is 0 Å². The van der Waals surface area contributed by atoms with Gasteiger partial charge in [-0.15, -0.1) is 0 Å². The summed E-state index contributed by atoms with van der Waals surface area (Å²) in [5.74, 6) is 0.617. The first-order chi connectivity index (χ1) is 6.31. The van der Waals surface area contributed by atoms with E-state index in [0.29, 0.717) is 11.8 Å². The molecule has 1 aliphatic rings. The largest absolute Gasteiger partial charge is 0.396 e. The van der Waals surface area contributed by atoms with Gasteiger partial charge in [0.2, 0.25) is 0 Å². The predicted octanol–water partition coefficient (Wildman–Crippen LogP) is 2.31. The Morgan fingerprint density at radius 1 is 1.31 bits per heavy atom. The Morgan fingerprint density at radius 3 is 2.62 bits per heavy atom. The lowest BCUT2D eigenvalue weighted by molar-refractivity contribution is 0.141. The third kappa shape index (κ3) is 1.59. The summed E-state index contributed by atoms with van der Waals surface area (Å²) >= 11 is 0. The van der Waals surface area contributed by atoms with Gasteiger partial charge in [0.25, 0.3) is 0 Å². The van der Waals surface area contributed by atoms with Crippen LogP contribution in [0.15, 0.2) is 24.3 Å². The lowest BCUT2D eigenvalue weighted by atomic mass is 9.72. The fourth-order valence-corrected chi connectivity index (χ4v) is 1.94. The third-order valence-electron chi connectivity index (χ3n) is 2.84. The number of halogens is 1. The maximum Gasteiger partial charge on any atom is 0.126 e. The van der Waals surface area contributed by atoms with Crippen molar-refractivity contribution >= 4 is 0 Å². The topological polar surface area (TPSA) is 20.2 Å². The Kier molecular flexibility index (Phi) is 2.32. The van der Waals surface area contributed by atoms with Crippen LogP contribution >= 0.6 is 0 Å². The Hall–Kier alpha value is -0.890. The normalized spacial score (nSPS) is 26.9. The minimum atomic E-state index is -0.108. The van der Waals surface area contributed by atoms with Gasteiger partial charge in [-0.2, -0.15) is 0 Å². The summed E-state index contributed by atoms with van der Waals surface area (Å²) in [6, 6.07) is 6.92. The zero-order valence-corrected chi connectivity index (χ0v) is 7.41. The van der Waals surface area contributed by atoms with E-state index in [-0.39, 0.29) is 12.4 Å². The van der Waals surface area contributed by atoms with Crippen LogP contribution in [0.3, 0.4) is 0 Å². The minimum absolute atomic E-state index is 0.108. The van der Waals surface area contributed by atoms with E-state index in [9.17, 15) is 4.39 Å². The van der Waals surface area contributed by atoms with Gasteiger partial charge in [-0.1, -0.05) is 18.2 Å². The molecule has 2 heteroatoms. The van der Waals surface area contributed by atoms with Crippen LogP contribution in [-0.4, -0.2) is 11.7 Å². The summed E-state index contributed by atoms with van der Waals surface area (Å²) < 4.78 is 13.2. The molecule has 1 fully saturated rings. The fourth-order valence-electron chi connectivity index (χ4n) is 1.94. The van der Waals surface area contributed by atoms with E-state index < -0.39 is 0 Å². The Balaban J connectivity index is 2.07. The highest BCUT2D eigenvalue weighted by atomic mass is 19.1. The second-order valence-corrected chi connectivity index (χ2v) is 3.74. The highest BCUT2D eigenvalue weighted by Crippen LogP contribution is 2.41. The number of aliphatic hydroxyl groups excluding tert-OH is 1. The van der Waals surface area contributed by atoms with E-state index in [1.165, 1.54) is 6.07 Å². The molecule has 13 heavy (non-hydrogen) atoms. The van der Waals surface area contributed by atoms with Crippen LogP contribution in [0.4, 0.5) is 4.39 Å². The number of benzene rings is 1. The smallest absolute Gasteiger partial charge is 0.126 e. The van der Waals surface area contributed by atoms with Gasteiger partial charge in [0.05, 0.1) is 0 Å². The molecule has 1 aromatic rings. The van der Waals surface area contributed by atoms with Crippen LogP contribution in [0.1, 0.15) is 24.3 Å². The van der Waals surface area contributed by atoms with Gasteiger partial charge < -0.3 is 5.11 Å². The molecule has 70 valence electrons. The Morgan fingerprint density at radius 2 is 2.00 bits per heavy atom. The number of hydrogen-bond donors (Lipinski definition) is 1. The van der Waals surface area contributed by atoms with Gasteiger partial charge in [-0.05, 0) is 36.3 Å². The molecule has 1 nitrogen and oxygen atoms in total. The van der Waals surface area contributed by atoms with E-state index >= 15 is 0 Å². The van der Waals surface area contributed by atoms with Gasteiger partial charge in [0.1, 0.15) is 5.82 Å². The van der Waals surface area contributed by atoms with E-state index in [1.807, 2.05) is 12.1 Å². The predicted molar refractivity (Wildman–Crippen MR) is 49.0 cm³/mol. The molecule has 0 atom stereocenters. The van der Waals surface area contributed by atoms with Crippen molar-refractivity contribution in [2.75, 3.05) is 6.61 Å². The molecule has 0 spiro atoms. The maximum atomic E-state index is 13.2. The molecule has 1 saturated carbocycles. The van der Waals surface area contributed by atoms with Crippen LogP contribution in [0.2, 0.25) is 0 Å². The molecule has 0 amide bonds. The molecule has 0 aliphatic heterocycles. The van der Waals surface area contributed by atoms with Crippen molar-refractivity contribution in [1.29, 1.82) is 0 Å². The van der Waals surface area contributed by atoms with Gasteiger partial charge >= 0.3 is 0 Å². The summed E-state index contributed by atoms with van der Waals surface area (Å²) in [4.78, 5) is 0. The first-order valence-electron chi connectivity index (χ1n) is 4.66. The molecule has 2 rings (SSSR count).